The zero-order chi connectivity index (χ0) is 15.9. The Morgan fingerprint density at radius 3 is 2.41 bits per heavy atom. The molecular weight excluding hydrogens is 276 g/mol. The fourth-order valence-electron chi connectivity index (χ4n) is 2.48. The van der Waals surface area contributed by atoms with E-state index in [-0.39, 0.29) is 16.9 Å². The predicted molar refractivity (Wildman–Crippen MR) is 89.3 cm³/mol. The van der Waals surface area contributed by atoms with Crippen molar-refractivity contribution in [1.29, 1.82) is 0 Å². The number of fused-ring (bicyclic) bond motifs is 2. The Hall–Kier alpha value is -2.62. The molecule has 3 aromatic rings. The normalized spacial score (nSPS) is 11.8. The highest BCUT2D eigenvalue weighted by Crippen LogP contribution is 2.16. The number of carbonyl (C=O) groups excluding carboxylic acids is 1. The van der Waals surface area contributed by atoms with Crippen LogP contribution in [0.2, 0.25) is 0 Å². The van der Waals surface area contributed by atoms with Gasteiger partial charge in [-0.1, -0.05) is 12.1 Å². The number of hydrogen-bond acceptors (Lipinski definition) is 2. The van der Waals surface area contributed by atoms with Crippen molar-refractivity contribution in [2.24, 2.45) is 0 Å². The van der Waals surface area contributed by atoms with Crippen LogP contribution >= 0.6 is 0 Å². The summed E-state index contributed by atoms with van der Waals surface area (Å²) in [6.07, 6.45) is 0. The lowest BCUT2D eigenvalue weighted by Gasteiger charge is -2.20. The third kappa shape index (κ3) is 2.60. The Bertz CT molecular complexity index is 933. The Balaban J connectivity index is 2.16. The molecule has 4 nitrogen and oxygen atoms in total. The van der Waals surface area contributed by atoms with Gasteiger partial charge in [-0.25, -0.2) is 0 Å². The van der Waals surface area contributed by atoms with Crippen LogP contribution in [0.15, 0.2) is 47.3 Å². The number of benzene rings is 2. The van der Waals surface area contributed by atoms with E-state index in [2.05, 4.69) is 10.3 Å². The molecule has 0 atom stereocenters. The first-order valence-corrected chi connectivity index (χ1v) is 7.22. The number of hydrogen-bond donors (Lipinski definition) is 2. The van der Waals surface area contributed by atoms with Gasteiger partial charge >= 0.3 is 0 Å². The van der Waals surface area contributed by atoms with Crippen molar-refractivity contribution in [2.45, 2.75) is 26.3 Å². The Kier molecular flexibility index (Phi) is 3.24. The van der Waals surface area contributed by atoms with Gasteiger partial charge in [-0.2, -0.15) is 0 Å². The molecule has 0 aliphatic rings. The molecule has 4 heteroatoms. The quantitative estimate of drug-likeness (QED) is 0.677. The SMILES string of the molecule is CC(C)(C)NC(=O)c1ccc2c(=O)c3ccccc3[nH]c2c1. The molecule has 1 heterocycles. The van der Waals surface area contributed by atoms with Gasteiger partial charge in [0, 0.05) is 27.4 Å². The van der Waals surface area contributed by atoms with Crippen molar-refractivity contribution >= 4 is 27.7 Å². The summed E-state index contributed by atoms with van der Waals surface area (Å²) in [7, 11) is 0. The summed E-state index contributed by atoms with van der Waals surface area (Å²) in [6.45, 7) is 5.80. The lowest BCUT2D eigenvalue weighted by atomic mass is 10.1. The Labute approximate surface area is 128 Å². The number of aromatic amines is 1. The predicted octanol–water partition coefficient (Wildman–Crippen LogP) is 3.21. The zero-order valence-electron chi connectivity index (χ0n) is 12.9. The first-order valence-electron chi connectivity index (χ1n) is 7.22. The number of H-pyrrole nitrogens is 1. The van der Waals surface area contributed by atoms with E-state index in [1.807, 2.05) is 39.0 Å². The van der Waals surface area contributed by atoms with Crippen LogP contribution in [0, 0.1) is 0 Å². The molecule has 0 spiro atoms. The lowest BCUT2D eigenvalue weighted by molar-refractivity contribution is 0.0919. The maximum atomic E-state index is 12.5. The first kappa shape index (κ1) is 14.3. The number of carbonyl (C=O) groups is 1. The van der Waals surface area contributed by atoms with Crippen molar-refractivity contribution in [3.63, 3.8) is 0 Å². The first-order chi connectivity index (χ1) is 10.3. The second-order valence-corrected chi connectivity index (χ2v) is 6.46. The van der Waals surface area contributed by atoms with Gasteiger partial charge < -0.3 is 10.3 Å². The van der Waals surface area contributed by atoms with E-state index in [0.29, 0.717) is 21.9 Å². The third-order valence-electron chi connectivity index (χ3n) is 3.46. The van der Waals surface area contributed by atoms with Crippen LogP contribution in [-0.2, 0) is 0 Å². The fourth-order valence-corrected chi connectivity index (χ4v) is 2.48. The second-order valence-electron chi connectivity index (χ2n) is 6.46. The van der Waals surface area contributed by atoms with Crippen LogP contribution in [0.25, 0.3) is 21.8 Å². The zero-order valence-corrected chi connectivity index (χ0v) is 12.9. The van der Waals surface area contributed by atoms with Gasteiger partial charge in [0.2, 0.25) is 0 Å². The molecule has 3 rings (SSSR count). The molecule has 112 valence electrons. The lowest BCUT2D eigenvalue weighted by Crippen LogP contribution is -2.40. The Morgan fingerprint density at radius 2 is 1.68 bits per heavy atom. The molecular formula is C18H18N2O2. The second kappa shape index (κ2) is 4.98. The summed E-state index contributed by atoms with van der Waals surface area (Å²) in [5, 5.41) is 4.16. The molecule has 0 saturated carbocycles. The van der Waals surface area contributed by atoms with E-state index in [0.717, 1.165) is 5.52 Å². The number of rotatable bonds is 1. The minimum Gasteiger partial charge on any atom is -0.354 e. The van der Waals surface area contributed by atoms with E-state index >= 15 is 0 Å². The van der Waals surface area contributed by atoms with Crippen LogP contribution in [0.5, 0.6) is 0 Å². The van der Waals surface area contributed by atoms with E-state index in [1.165, 1.54) is 0 Å². The number of amides is 1. The molecule has 1 aromatic heterocycles. The fraction of sp³-hybridized carbons (Fsp3) is 0.222. The average molecular weight is 294 g/mol. The maximum Gasteiger partial charge on any atom is 0.251 e. The van der Waals surface area contributed by atoms with Crippen LogP contribution in [0.1, 0.15) is 31.1 Å². The van der Waals surface area contributed by atoms with Crippen LogP contribution < -0.4 is 10.7 Å². The number of aromatic nitrogens is 1. The van der Waals surface area contributed by atoms with Crippen LogP contribution in [0.4, 0.5) is 0 Å². The van der Waals surface area contributed by atoms with E-state index in [1.54, 1.807) is 24.3 Å². The summed E-state index contributed by atoms with van der Waals surface area (Å²) in [4.78, 5) is 28.0. The molecule has 1 amide bonds. The maximum absolute atomic E-state index is 12.5. The summed E-state index contributed by atoms with van der Waals surface area (Å²) >= 11 is 0. The smallest absolute Gasteiger partial charge is 0.251 e. The summed E-state index contributed by atoms with van der Waals surface area (Å²) in [5.41, 5.74) is 1.65. The molecule has 2 N–H and O–H groups in total. The van der Waals surface area contributed by atoms with Gasteiger partial charge in [0.1, 0.15) is 0 Å². The number of pyridine rings is 1. The highest BCUT2D eigenvalue weighted by molar-refractivity contribution is 6.00. The van der Waals surface area contributed by atoms with Crippen molar-refractivity contribution in [3.8, 4) is 0 Å². The summed E-state index contributed by atoms with van der Waals surface area (Å²) < 4.78 is 0. The van der Waals surface area contributed by atoms with Gasteiger partial charge in [0.05, 0.1) is 5.52 Å². The number of nitrogens with one attached hydrogen (secondary N) is 2. The van der Waals surface area contributed by atoms with Gasteiger partial charge in [-0.05, 0) is 51.1 Å². The summed E-state index contributed by atoms with van der Waals surface area (Å²) in [5.74, 6) is -0.150. The highest BCUT2D eigenvalue weighted by atomic mass is 16.1. The minimum atomic E-state index is -0.303. The number of para-hydroxylation sites is 1. The van der Waals surface area contributed by atoms with E-state index in [4.69, 9.17) is 0 Å². The van der Waals surface area contributed by atoms with Crippen molar-refractivity contribution in [2.75, 3.05) is 0 Å². The highest BCUT2D eigenvalue weighted by Gasteiger charge is 2.16. The van der Waals surface area contributed by atoms with E-state index < -0.39 is 0 Å². The molecule has 0 aliphatic carbocycles. The molecule has 0 saturated heterocycles. The summed E-state index contributed by atoms with van der Waals surface area (Å²) in [6, 6.07) is 12.5. The largest absolute Gasteiger partial charge is 0.354 e. The van der Waals surface area contributed by atoms with Crippen molar-refractivity contribution in [1.82, 2.24) is 10.3 Å². The molecule has 0 bridgehead atoms. The molecule has 0 aliphatic heterocycles. The van der Waals surface area contributed by atoms with Gasteiger partial charge in [0.15, 0.2) is 5.43 Å². The van der Waals surface area contributed by atoms with Crippen LogP contribution in [-0.4, -0.2) is 16.4 Å². The van der Waals surface area contributed by atoms with E-state index in [9.17, 15) is 9.59 Å². The van der Waals surface area contributed by atoms with Gasteiger partial charge in [-0.15, -0.1) is 0 Å². The van der Waals surface area contributed by atoms with Gasteiger partial charge in [-0.3, -0.25) is 9.59 Å². The average Bonchev–Trinajstić information content (AvgIpc) is 2.45. The molecule has 0 radical (unpaired) electrons. The monoisotopic (exact) mass is 294 g/mol. The van der Waals surface area contributed by atoms with Gasteiger partial charge in [0.25, 0.3) is 5.91 Å². The third-order valence-corrected chi connectivity index (χ3v) is 3.46. The topological polar surface area (TPSA) is 62.0 Å². The molecule has 0 unspecified atom stereocenters. The van der Waals surface area contributed by atoms with Crippen molar-refractivity contribution in [3.05, 3.63) is 58.3 Å². The minimum absolute atomic E-state index is 0.0212. The van der Waals surface area contributed by atoms with Crippen molar-refractivity contribution < 1.29 is 4.79 Å². The molecule has 22 heavy (non-hydrogen) atoms. The Morgan fingerprint density at radius 1 is 1.00 bits per heavy atom. The molecule has 0 fully saturated rings. The standard InChI is InChI=1S/C18H18N2O2/c1-18(2,3)20-17(22)11-8-9-13-15(10-11)19-14-7-5-4-6-12(14)16(13)21/h4-10H,1-3H3,(H,19,21)(H,20,22). The molecule has 2 aromatic carbocycles. The van der Waals surface area contributed by atoms with Crippen LogP contribution in [0.3, 0.4) is 0 Å².